The number of nitrogens with one attached hydrogen (secondary N) is 1. The molecule has 2 amide bonds. The van der Waals surface area contributed by atoms with E-state index < -0.39 is 17.5 Å². The fourth-order valence-corrected chi connectivity index (χ4v) is 3.41. The molecule has 1 aliphatic heterocycles. The molecule has 23 heavy (non-hydrogen) atoms. The lowest BCUT2D eigenvalue weighted by molar-refractivity contribution is -0.132. The zero-order valence-corrected chi connectivity index (χ0v) is 14.7. The first-order chi connectivity index (χ1) is 10.8. The van der Waals surface area contributed by atoms with E-state index in [1.54, 1.807) is 25.7 Å². The van der Waals surface area contributed by atoms with Crippen LogP contribution in [0.15, 0.2) is 4.79 Å². The predicted molar refractivity (Wildman–Crippen MR) is 89.8 cm³/mol. The van der Waals surface area contributed by atoms with Gasteiger partial charge >= 0.3 is 0 Å². The summed E-state index contributed by atoms with van der Waals surface area (Å²) in [5, 5.41) is 6.70. The Morgan fingerprint density at radius 3 is 2.48 bits per heavy atom. The molecule has 1 aromatic rings. The minimum atomic E-state index is -0.664. The molecule has 1 saturated heterocycles. The lowest BCUT2D eigenvalue weighted by Crippen LogP contribution is -2.50. The molecular formula is C15H22N4O3S. The summed E-state index contributed by atoms with van der Waals surface area (Å²) in [6, 6.07) is -0.664. The van der Waals surface area contributed by atoms with Gasteiger partial charge in [0.1, 0.15) is 11.6 Å². The molecule has 0 saturated carbocycles. The van der Waals surface area contributed by atoms with Gasteiger partial charge in [-0.2, -0.15) is 16.9 Å². The van der Waals surface area contributed by atoms with E-state index in [-0.39, 0.29) is 11.5 Å². The van der Waals surface area contributed by atoms with Gasteiger partial charge in [-0.3, -0.25) is 14.4 Å². The highest BCUT2D eigenvalue weighted by atomic mass is 32.2. The monoisotopic (exact) mass is 338 g/mol. The predicted octanol–water partition coefficient (Wildman–Crippen LogP) is 0.0908. The maximum absolute atomic E-state index is 12.5. The summed E-state index contributed by atoms with van der Waals surface area (Å²) < 4.78 is 1.14. The summed E-state index contributed by atoms with van der Waals surface area (Å²) in [6.07, 6.45) is 0. The van der Waals surface area contributed by atoms with E-state index >= 15 is 0 Å². The van der Waals surface area contributed by atoms with Crippen LogP contribution in [0.4, 0.5) is 0 Å². The molecule has 0 aliphatic carbocycles. The van der Waals surface area contributed by atoms with Crippen LogP contribution in [-0.4, -0.2) is 57.1 Å². The summed E-state index contributed by atoms with van der Waals surface area (Å²) in [6.45, 7) is 6.46. The number of thioether (sulfide) groups is 1. The van der Waals surface area contributed by atoms with Crippen molar-refractivity contribution in [1.29, 1.82) is 0 Å². The number of nitrogens with zero attached hydrogens (tertiary/aromatic N) is 3. The smallest absolute Gasteiger partial charge is 0.279 e. The SMILES string of the molecule is Cc1nn(C)c(=O)c(C(=O)N[C@H](C)C(=O)N2CCSCC2)c1C. The molecule has 1 aromatic heterocycles. The van der Waals surface area contributed by atoms with E-state index in [1.165, 1.54) is 7.05 Å². The fraction of sp³-hybridized carbons (Fsp3) is 0.600. The van der Waals surface area contributed by atoms with Crippen LogP contribution in [0.5, 0.6) is 0 Å². The number of hydrogen-bond donors (Lipinski definition) is 1. The van der Waals surface area contributed by atoms with Crippen LogP contribution < -0.4 is 10.9 Å². The van der Waals surface area contributed by atoms with E-state index in [9.17, 15) is 14.4 Å². The summed E-state index contributed by atoms with van der Waals surface area (Å²) in [5.74, 6) is 1.19. The van der Waals surface area contributed by atoms with Crippen molar-refractivity contribution in [3.8, 4) is 0 Å². The summed E-state index contributed by atoms with van der Waals surface area (Å²) in [7, 11) is 1.51. The number of aromatic nitrogens is 2. The van der Waals surface area contributed by atoms with Gasteiger partial charge in [-0.15, -0.1) is 0 Å². The minimum absolute atomic E-state index is 0.0499. The van der Waals surface area contributed by atoms with Crippen LogP contribution >= 0.6 is 11.8 Å². The normalized spacial score (nSPS) is 16.1. The Kier molecular flexibility index (Phi) is 5.46. The highest BCUT2D eigenvalue weighted by molar-refractivity contribution is 7.99. The second kappa shape index (κ2) is 7.16. The standard InChI is InChI=1S/C15H22N4O3S/c1-9-10(2)17-18(4)15(22)12(9)13(20)16-11(3)14(21)19-5-7-23-8-6-19/h11H,5-8H2,1-4H3,(H,16,20)/t11-/m1/s1. The van der Waals surface area contributed by atoms with Gasteiger partial charge < -0.3 is 10.2 Å². The maximum Gasteiger partial charge on any atom is 0.279 e. The van der Waals surface area contributed by atoms with Crippen molar-refractivity contribution in [2.75, 3.05) is 24.6 Å². The second-order valence-electron chi connectivity index (χ2n) is 5.65. The van der Waals surface area contributed by atoms with Crippen LogP contribution in [0.2, 0.25) is 0 Å². The third-order valence-corrected chi connectivity index (χ3v) is 4.94. The van der Waals surface area contributed by atoms with Crippen molar-refractivity contribution < 1.29 is 9.59 Å². The van der Waals surface area contributed by atoms with Crippen LogP contribution in [0.25, 0.3) is 0 Å². The van der Waals surface area contributed by atoms with Gasteiger partial charge in [-0.05, 0) is 26.3 Å². The van der Waals surface area contributed by atoms with Gasteiger partial charge in [0.2, 0.25) is 5.91 Å². The number of aryl methyl sites for hydroxylation is 2. The number of carbonyl (C=O) groups excluding carboxylic acids is 2. The summed E-state index contributed by atoms with van der Waals surface area (Å²) >= 11 is 1.81. The molecule has 0 aromatic carbocycles. The molecule has 0 unspecified atom stereocenters. The number of hydrogen-bond acceptors (Lipinski definition) is 5. The molecule has 2 heterocycles. The summed E-state index contributed by atoms with van der Waals surface area (Å²) in [4.78, 5) is 38.8. The molecule has 1 N–H and O–H groups in total. The number of carbonyl (C=O) groups is 2. The molecule has 1 atom stereocenters. The van der Waals surface area contributed by atoms with Gasteiger partial charge in [-0.25, -0.2) is 4.68 Å². The molecule has 8 heteroatoms. The Balaban J connectivity index is 2.16. The Morgan fingerprint density at radius 2 is 1.87 bits per heavy atom. The second-order valence-corrected chi connectivity index (χ2v) is 6.87. The van der Waals surface area contributed by atoms with E-state index in [0.717, 1.165) is 16.2 Å². The van der Waals surface area contributed by atoms with Crippen molar-refractivity contribution in [2.45, 2.75) is 26.8 Å². The van der Waals surface area contributed by atoms with Crippen LogP contribution in [0, 0.1) is 13.8 Å². The molecule has 1 fully saturated rings. The molecule has 1 aliphatic rings. The lowest BCUT2D eigenvalue weighted by Gasteiger charge is -2.29. The maximum atomic E-state index is 12.5. The first-order valence-electron chi connectivity index (χ1n) is 7.54. The highest BCUT2D eigenvalue weighted by Gasteiger charge is 2.26. The Labute approximate surface area is 139 Å². The zero-order valence-electron chi connectivity index (χ0n) is 13.9. The fourth-order valence-electron chi connectivity index (χ4n) is 2.50. The van der Waals surface area contributed by atoms with Gasteiger partial charge in [0.15, 0.2) is 0 Å². The third-order valence-electron chi connectivity index (χ3n) is 3.99. The lowest BCUT2D eigenvalue weighted by atomic mass is 10.1. The van der Waals surface area contributed by atoms with E-state index in [1.807, 2.05) is 11.8 Å². The summed E-state index contributed by atoms with van der Waals surface area (Å²) in [5.41, 5.74) is 0.748. The van der Waals surface area contributed by atoms with Gasteiger partial charge in [0.25, 0.3) is 11.5 Å². The largest absolute Gasteiger partial charge is 0.340 e. The van der Waals surface area contributed by atoms with Crippen molar-refractivity contribution in [3.63, 3.8) is 0 Å². The Hall–Kier alpha value is -1.83. The van der Waals surface area contributed by atoms with Crippen LogP contribution in [0.1, 0.15) is 28.5 Å². The molecule has 0 spiro atoms. The average molecular weight is 338 g/mol. The van der Waals surface area contributed by atoms with Crippen LogP contribution in [-0.2, 0) is 11.8 Å². The Bertz CT molecular complexity index is 680. The molecule has 7 nitrogen and oxygen atoms in total. The van der Waals surface area contributed by atoms with Crippen LogP contribution in [0.3, 0.4) is 0 Å². The van der Waals surface area contributed by atoms with Gasteiger partial charge in [0, 0.05) is 31.6 Å². The van der Waals surface area contributed by atoms with Gasteiger partial charge in [0.05, 0.1) is 5.69 Å². The molecule has 0 bridgehead atoms. The Morgan fingerprint density at radius 1 is 1.26 bits per heavy atom. The first kappa shape index (κ1) is 17.5. The van der Waals surface area contributed by atoms with Crippen molar-refractivity contribution in [2.24, 2.45) is 7.05 Å². The quantitative estimate of drug-likeness (QED) is 0.844. The molecular weight excluding hydrogens is 316 g/mol. The minimum Gasteiger partial charge on any atom is -0.340 e. The number of amides is 2. The molecule has 0 radical (unpaired) electrons. The van der Waals surface area contributed by atoms with Crippen molar-refractivity contribution in [1.82, 2.24) is 20.0 Å². The topological polar surface area (TPSA) is 84.3 Å². The molecule has 2 rings (SSSR count). The van der Waals surface area contributed by atoms with E-state index in [0.29, 0.717) is 24.3 Å². The molecule has 126 valence electrons. The number of rotatable bonds is 3. The van der Waals surface area contributed by atoms with E-state index in [2.05, 4.69) is 10.4 Å². The highest BCUT2D eigenvalue weighted by Crippen LogP contribution is 2.11. The van der Waals surface area contributed by atoms with Crippen molar-refractivity contribution >= 4 is 23.6 Å². The van der Waals surface area contributed by atoms with E-state index in [4.69, 9.17) is 0 Å². The first-order valence-corrected chi connectivity index (χ1v) is 8.70. The third kappa shape index (κ3) is 3.74. The van der Waals surface area contributed by atoms with Gasteiger partial charge in [-0.1, -0.05) is 0 Å². The average Bonchev–Trinajstić information content (AvgIpc) is 2.53. The van der Waals surface area contributed by atoms with Crippen molar-refractivity contribution in [3.05, 3.63) is 27.2 Å². The zero-order chi connectivity index (χ0) is 17.1.